The van der Waals surface area contributed by atoms with Gasteiger partial charge in [-0.1, -0.05) is 19.4 Å². The second kappa shape index (κ2) is 7.82. The summed E-state index contributed by atoms with van der Waals surface area (Å²) in [5.41, 5.74) is 3.46. The summed E-state index contributed by atoms with van der Waals surface area (Å²) in [6, 6.07) is 6.25. The molecular weight excluding hydrogens is 342 g/mol. The quantitative estimate of drug-likeness (QED) is 0.816. The molecule has 2 atom stereocenters. The summed E-state index contributed by atoms with van der Waals surface area (Å²) in [7, 11) is 0. The number of aliphatic carboxylic acids is 1. The van der Waals surface area contributed by atoms with Gasteiger partial charge in [0, 0.05) is 31.4 Å². The Bertz CT molecular complexity index is 817. The standard InChI is InChI=1S/C21H29N3O3/c1-4-8-21(20(26)27)14-23(9-7-19(21)25)12-17-11-22-24(13-17)18-6-5-15(2)16(3)10-18/h5-6,10-11,13,19,25H,4,7-9,12,14H2,1-3H3,(H,26,27)/t19-,21+/m0/s1. The van der Waals surface area contributed by atoms with Crippen LogP contribution in [0, 0.1) is 19.3 Å². The number of likely N-dealkylation sites (tertiary alicyclic amines) is 1. The SMILES string of the molecule is CCC[C@@]1(C(=O)O)CN(Cc2cnn(-c3ccc(C)c(C)c3)c2)CC[C@@H]1O. The van der Waals surface area contributed by atoms with E-state index >= 15 is 0 Å². The molecule has 0 bridgehead atoms. The van der Waals surface area contributed by atoms with Gasteiger partial charge in [-0.2, -0.15) is 5.10 Å². The molecule has 1 aliphatic rings. The predicted octanol–water partition coefficient (Wildman–Crippen LogP) is 2.93. The third-order valence-corrected chi connectivity index (χ3v) is 5.78. The monoisotopic (exact) mass is 371 g/mol. The van der Waals surface area contributed by atoms with Gasteiger partial charge in [0.25, 0.3) is 0 Å². The van der Waals surface area contributed by atoms with Gasteiger partial charge < -0.3 is 10.2 Å². The van der Waals surface area contributed by atoms with Crippen LogP contribution in [0.2, 0.25) is 0 Å². The molecule has 2 heterocycles. The number of carbonyl (C=O) groups is 1. The van der Waals surface area contributed by atoms with E-state index < -0.39 is 17.5 Å². The number of aliphatic hydroxyl groups excluding tert-OH is 1. The molecule has 0 spiro atoms. The van der Waals surface area contributed by atoms with Gasteiger partial charge in [-0.05, 0) is 49.9 Å². The Balaban J connectivity index is 1.75. The fourth-order valence-electron chi connectivity index (χ4n) is 4.02. The molecule has 1 fully saturated rings. The molecule has 0 aliphatic carbocycles. The number of aromatic nitrogens is 2. The minimum atomic E-state index is -1.07. The van der Waals surface area contributed by atoms with Gasteiger partial charge in [-0.25, -0.2) is 4.68 Å². The number of carboxylic acids is 1. The van der Waals surface area contributed by atoms with Crippen LogP contribution in [0.4, 0.5) is 0 Å². The van der Waals surface area contributed by atoms with Crippen molar-refractivity contribution in [3.05, 3.63) is 47.3 Å². The van der Waals surface area contributed by atoms with Gasteiger partial charge in [0.2, 0.25) is 0 Å². The van der Waals surface area contributed by atoms with E-state index in [1.165, 1.54) is 11.1 Å². The van der Waals surface area contributed by atoms with E-state index in [2.05, 4.69) is 36.0 Å². The van der Waals surface area contributed by atoms with E-state index in [9.17, 15) is 15.0 Å². The third-order valence-electron chi connectivity index (χ3n) is 5.78. The Morgan fingerprint density at radius 1 is 1.33 bits per heavy atom. The topological polar surface area (TPSA) is 78.6 Å². The molecule has 1 saturated heterocycles. The fraction of sp³-hybridized carbons (Fsp3) is 0.524. The highest BCUT2D eigenvalue weighted by molar-refractivity contribution is 5.76. The largest absolute Gasteiger partial charge is 0.481 e. The molecule has 6 nitrogen and oxygen atoms in total. The lowest BCUT2D eigenvalue weighted by Gasteiger charge is -2.43. The summed E-state index contributed by atoms with van der Waals surface area (Å²) < 4.78 is 1.86. The zero-order chi connectivity index (χ0) is 19.6. The highest BCUT2D eigenvalue weighted by Gasteiger charge is 2.48. The molecule has 146 valence electrons. The van der Waals surface area contributed by atoms with E-state index in [0.29, 0.717) is 32.5 Å². The Morgan fingerprint density at radius 2 is 2.11 bits per heavy atom. The highest BCUT2D eigenvalue weighted by atomic mass is 16.4. The first kappa shape index (κ1) is 19.6. The maximum Gasteiger partial charge on any atom is 0.313 e. The molecule has 27 heavy (non-hydrogen) atoms. The smallest absolute Gasteiger partial charge is 0.313 e. The molecule has 2 aromatic rings. The van der Waals surface area contributed by atoms with Gasteiger partial charge >= 0.3 is 5.97 Å². The Hall–Kier alpha value is -2.18. The molecule has 0 saturated carbocycles. The van der Waals surface area contributed by atoms with Crippen molar-refractivity contribution < 1.29 is 15.0 Å². The van der Waals surface area contributed by atoms with Crippen molar-refractivity contribution >= 4 is 5.97 Å². The fourth-order valence-corrected chi connectivity index (χ4v) is 4.02. The van der Waals surface area contributed by atoms with Crippen LogP contribution in [0.15, 0.2) is 30.6 Å². The number of benzene rings is 1. The molecule has 2 N–H and O–H groups in total. The second-order valence-corrected chi connectivity index (χ2v) is 7.79. The summed E-state index contributed by atoms with van der Waals surface area (Å²) in [5, 5.41) is 24.6. The Labute approximate surface area is 160 Å². The first-order valence-corrected chi connectivity index (χ1v) is 9.60. The molecule has 6 heteroatoms. The van der Waals surface area contributed by atoms with Crippen LogP contribution < -0.4 is 0 Å². The second-order valence-electron chi connectivity index (χ2n) is 7.79. The van der Waals surface area contributed by atoms with E-state index in [4.69, 9.17) is 0 Å². The number of aryl methyl sites for hydroxylation is 2. The maximum absolute atomic E-state index is 11.9. The molecule has 3 rings (SSSR count). The van der Waals surface area contributed by atoms with Crippen LogP contribution in [0.5, 0.6) is 0 Å². The predicted molar refractivity (Wildman–Crippen MR) is 104 cm³/mol. The molecule has 0 radical (unpaired) electrons. The third kappa shape index (κ3) is 3.92. The van der Waals surface area contributed by atoms with Gasteiger partial charge in [0.15, 0.2) is 0 Å². The van der Waals surface area contributed by atoms with Crippen LogP contribution in [-0.4, -0.2) is 50.1 Å². The van der Waals surface area contributed by atoms with E-state index in [-0.39, 0.29) is 0 Å². The Kier molecular flexibility index (Phi) is 5.67. The molecule has 1 aromatic heterocycles. The van der Waals surface area contributed by atoms with Crippen molar-refractivity contribution in [2.75, 3.05) is 13.1 Å². The average molecular weight is 371 g/mol. The number of carboxylic acid groups (broad SMARTS) is 1. The summed E-state index contributed by atoms with van der Waals surface area (Å²) in [5.74, 6) is -0.896. The van der Waals surface area contributed by atoms with Crippen molar-refractivity contribution in [1.82, 2.24) is 14.7 Å². The summed E-state index contributed by atoms with van der Waals surface area (Å²) >= 11 is 0. The molecule has 1 aliphatic heterocycles. The molecule has 0 unspecified atom stereocenters. The summed E-state index contributed by atoms with van der Waals surface area (Å²) in [4.78, 5) is 14.0. The van der Waals surface area contributed by atoms with Gasteiger partial charge in [0.1, 0.15) is 5.41 Å². The number of piperidine rings is 1. The van der Waals surface area contributed by atoms with Crippen LogP contribution >= 0.6 is 0 Å². The summed E-state index contributed by atoms with van der Waals surface area (Å²) in [6.07, 6.45) is 4.76. The lowest BCUT2D eigenvalue weighted by molar-refractivity contribution is -0.164. The van der Waals surface area contributed by atoms with Crippen LogP contribution in [-0.2, 0) is 11.3 Å². The first-order chi connectivity index (χ1) is 12.9. The number of hydrogen-bond donors (Lipinski definition) is 2. The van der Waals surface area contributed by atoms with Crippen molar-refractivity contribution in [2.24, 2.45) is 5.41 Å². The van der Waals surface area contributed by atoms with Crippen LogP contribution in [0.25, 0.3) is 5.69 Å². The van der Waals surface area contributed by atoms with Gasteiger partial charge in [-0.15, -0.1) is 0 Å². The Morgan fingerprint density at radius 3 is 2.78 bits per heavy atom. The lowest BCUT2D eigenvalue weighted by Crippen LogP contribution is -2.55. The van der Waals surface area contributed by atoms with Crippen molar-refractivity contribution in [2.45, 2.75) is 52.7 Å². The van der Waals surface area contributed by atoms with E-state index in [1.807, 2.05) is 30.1 Å². The van der Waals surface area contributed by atoms with Crippen molar-refractivity contribution in [1.29, 1.82) is 0 Å². The van der Waals surface area contributed by atoms with Crippen LogP contribution in [0.3, 0.4) is 0 Å². The zero-order valence-corrected chi connectivity index (χ0v) is 16.4. The van der Waals surface area contributed by atoms with E-state index in [1.54, 1.807) is 0 Å². The average Bonchev–Trinajstić information content (AvgIpc) is 3.08. The van der Waals surface area contributed by atoms with Gasteiger partial charge in [-0.3, -0.25) is 9.69 Å². The summed E-state index contributed by atoms with van der Waals surface area (Å²) in [6.45, 7) is 7.83. The van der Waals surface area contributed by atoms with E-state index in [0.717, 1.165) is 17.7 Å². The van der Waals surface area contributed by atoms with Gasteiger partial charge in [0.05, 0.1) is 18.0 Å². The number of rotatable bonds is 6. The first-order valence-electron chi connectivity index (χ1n) is 9.60. The number of nitrogens with zero attached hydrogens (tertiary/aromatic N) is 3. The lowest BCUT2D eigenvalue weighted by atomic mass is 9.74. The molecular formula is C21H29N3O3. The normalized spacial score (nSPS) is 23.5. The maximum atomic E-state index is 11.9. The molecule has 0 amide bonds. The zero-order valence-electron chi connectivity index (χ0n) is 16.4. The minimum absolute atomic E-state index is 0.367. The van der Waals surface area contributed by atoms with Crippen LogP contribution in [0.1, 0.15) is 42.9 Å². The number of hydrogen-bond acceptors (Lipinski definition) is 4. The molecule has 1 aromatic carbocycles. The minimum Gasteiger partial charge on any atom is -0.481 e. The van der Waals surface area contributed by atoms with Crippen molar-refractivity contribution in [3.8, 4) is 5.69 Å². The van der Waals surface area contributed by atoms with Crippen molar-refractivity contribution in [3.63, 3.8) is 0 Å². The number of aliphatic hydroxyl groups is 1. The highest BCUT2D eigenvalue weighted by Crippen LogP contribution is 2.36.